The molecule has 0 atom stereocenters. The molecule has 23 heavy (non-hydrogen) atoms. The molecule has 2 N–H and O–H groups in total. The highest BCUT2D eigenvalue weighted by atomic mass is 19.1. The Morgan fingerprint density at radius 2 is 1.87 bits per heavy atom. The Morgan fingerprint density at radius 3 is 2.52 bits per heavy atom. The zero-order chi connectivity index (χ0) is 16.1. The van der Waals surface area contributed by atoms with E-state index in [4.69, 9.17) is 5.73 Å². The van der Waals surface area contributed by atoms with Crippen molar-refractivity contribution in [2.75, 3.05) is 37.6 Å². The fraction of sp³-hybridized carbons (Fsp3) is 0.500. The molecule has 0 bridgehead atoms. The third-order valence-electron chi connectivity index (χ3n) is 4.64. The lowest BCUT2D eigenvalue weighted by atomic mass is 10.2. The van der Waals surface area contributed by atoms with Gasteiger partial charge in [0.1, 0.15) is 5.82 Å². The van der Waals surface area contributed by atoms with E-state index in [2.05, 4.69) is 20.9 Å². The maximum atomic E-state index is 13.0. The molecule has 1 aliphatic heterocycles. The first-order valence-corrected chi connectivity index (χ1v) is 8.46. The normalized spacial score (nSPS) is 19.2. The van der Waals surface area contributed by atoms with Crippen LogP contribution in [0.4, 0.5) is 10.1 Å². The van der Waals surface area contributed by atoms with Crippen molar-refractivity contribution in [2.24, 2.45) is 10.7 Å². The second-order valence-corrected chi connectivity index (χ2v) is 6.20. The van der Waals surface area contributed by atoms with Gasteiger partial charge in [-0.05, 0) is 49.9 Å². The van der Waals surface area contributed by atoms with Crippen LogP contribution >= 0.6 is 0 Å². The summed E-state index contributed by atoms with van der Waals surface area (Å²) in [6, 6.07) is 6.68. The molecular weight excluding hydrogens is 291 g/mol. The van der Waals surface area contributed by atoms with Crippen LogP contribution in [0.15, 0.2) is 40.9 Å². The van der Waals surface area contributed by atoms with Crippen molar-refractivity contribution in [2.45, 2.75) is 25.7 Å². The van der Waals surface area contributed by atoms with Crippen LogP contribution in [-0.2, 0) is 0 Å². The number of anilines is 1. The van der Waals surface area contributed by atoms with Crippen molar-refractivity contribution >= 4 is 11.6 Å². The topological polar surface area (TPSA) is 44.9 Å². The summed E-state index contributed by atoms with van der Waals surface area (Å²) >= 11 is 0. The Kier molecular flexibility index (Phi) is 5.16. The van der Waals surface area contributed by atoms with Crippen LogP contribution in [0.5, 0.6) is 0 Å². The number of hydrogen-bond acceptors (Lipinski definition) is 2. The molecule has 0 spiro atoms. The van der Waals surface area contributed by atoms with Crippen molar-refractivity contribution in [3.8, 4) is 0 Å². The monoisotopic (exact) mass is 316 g/mol. The summed E-state index contributed by atoms with van der Waals surface area (Å²) in [6.45, 7) is 4.26. The SMILES string of the molecule is NC(=NCCC1=CCCC1)N1CCN(c2ccc(F)cc2)CC1. The van der Waals surface area contributed by atoms with Crippen LogP contribution in [-0.4, -0.2) is 43.6 Å². The van der Waals surface area contributed by atoms with E-state index in [1.165, 1.54) is 37.0 Å². The van der Waals surface area contributed by atoms with E-state index >= 15 is 0 Å². The van der Waals surface area contributed by atoms with Crippen LogP contribution in [0.3, 0.4) is 0 Å². The average Bonchev–Trinajstić information content (AvgIpc) is 3.09. The van der Waals surface area contributed by atoms with Gasteiger partial charge in [0.15, 0.2) is 5.96 Å². The highest BCUT2D eigenvalue weighted by Gasteiger charge is 2.18. The molecule has 1 aliphatic carbocycles. The van der Waals surface area contributed by atoms with Crippen molar-refractivity contribution in [1.82, 2.24) is 4.90 Å². The van der Waals surface area contributed by atoms with Gasteiger partial charge in [-0.15, -0.1) is 0 Å². The number of allylic oxidation sites excluding steroid dienone is 1. The summed E-state index contributed by atoms with van der Waals surface area (Å²) in [6.07, 6.45) is 7.12. The molecule has 1 aromatic rings. The Balaban J connectivity index is 1.46. The fourth-order valence-electron chi connectivity index (χ4n) is 3.22. The Labute approximate surface area is 137 Å². The standard InChI is InChI=1S/C18H25FN4/c19-16-5-7-17(8-6-16)22-11-13-23(14-12-22)18(20)21-10-9-15-3-1-2-4-15/h3,5-8H,1-2,4,9-14H2,(H2,20,21). The lowest BCUT2D eigenvalue weighted by Gasteiger charge is -2.36. The molecule has 3 rings (SSSR count). The first-order chi connectivity index (χ1) is 11.2. The molecule has 1 saturated heterocycles. The highest BCUT2D eigenvalue weighted by Crippen LogP contribution is 2.20. The van der Waals surface area contributed by atoms with Gasteiger partial charge in [-0.3, -0.25) is 4.99 Å². The molecule has 4 nitrogen and oxygen atoms in total. The van der Waals surface area contributed by atoms with Gasteiger partial charge >= 0.3 is 0 Å². The number of halogens is 1. The van der Waals surface area contributed by atoms with Gasteiger partial charge in [0.05, 0.1) is 0 Å². The Hall–Kier alpha value is -2.04. The lowest BCUT2D eigenvalue weighted by Crippen LogP contribution is -2.51. The average molecular weight is 316 g/mol. The molecule has 2 aliphatic rings. The van der Waals surface area contributed by atoms with Gasteiger partial charge in [-0.1, -0.05) is 11.6 Å². The van der Waals surface area contributed by atoms with Crippen molar-refractivity contribution in [3.05, 3.63) is 41.7 Å². The largest absolute Gasteiger partial charge is 0.370 e. The van der Waals surface area contributed by atoms with Crippen molar-refractivity contribution < 1.29 is 4.39 Å². The summed E-state index contributed by atoms with van der Waals surface area (Å²) in [5, 5.41) is 0. The second-order valence-electron chi connectivity index (χ2n) is 6.20. The van der Waals surface area contributed by atoms with Crippen LogP contribution in [0.25, 0.3) is 0 Å². The molecule has 0 radical (unpaired) electrons. The Morgan fingerprint density at radius 1 is 1.13 bits per heavy atom. The minimum absolute atomic E-state index is 0.193. The van der Waals surface area contributed by atoms with Gasteiger partial charge in [-0.25, -0.2) is 4.39 Å². The maximum Gasteiger partial charge on any atom is 0.191 e. The zero-order valence-corrected chi connectivity index (χ0v) is 13.5. The molecule has 0 amide bonds. The van der Waals surface area contributed by atoms with E-state index in [1.54, 1.807) is 0 Å². The van der Waals surface area contributed by atoms with Gasteiger partial charge in [0.25, 0.3) is 0 Å². The molecule has 1 aromatic carbocycles. The molecule has 0 aromatic heterocycles. The number of nitrogens with two attached hydrogens (primary N) is 1. The van der Waals surface area contributed by atoms with E-state index in [-0.39, 0.29) is 5.82 Å². The third-order valence-corrected chi connectivity index (χ3v) is 4.64. The number of nitrogens with zero attached hydrogens (tertiary/aromatic N) is 3. The maximum absolute atomic E-state index is 13.0. The van der Waals surface area contributed by atoms with Crippen LogP contribution in [0.1, 0.15) is 25.7 Å². The van der Waals surface area contributed by atoms with E-state index in [1.807, 2.05) is 12.1 Å². The fourth-order valence-corrected chi connectivity index (χ4v) is 3.22. The molecule has 1 heterocycles. The van der Waals surface area contributed by atoms with Crippen molar-refractivity contribution in [1.29, 1.82) is 0 Å². The predicted octanol–water partition coefficient (Wildman–Crippen LogP) is 2.76. The Bertz CT molecular complexity index is 571. The first-order valence-electron chi connectivity index (χ1n) is 8.46. The van der Waals surface area contributed by atoms with Crippen LogP contribution < -0.4 is 10.6 Å². The zero-order valence-electron chi connectivity index (χ0n) is 13.5. The van der Waals surface area contributed by atoms with E-state index in [9.17, 15) is 4.39 Å². The van der Waals surface area contributed by atoms with Gasteiger partial charge < -0.3 is 15.5 Å². The van der Waals surface area contributed by atoms with E-state index < -0.39 is 0 Å². The van der Waals surface area contributed by atoms with Crippen molar-refractivity contribution in [3.63, 3.8) is 0 Å². The number of hydrogen-bond donors (Lipinski definition) is 1. The number of piperazine rings is 1. The van der Waals surface area contributed by atoms with Gasteiger partial charge in [0.2, 0.25) is 0 Å². The third kappa shape index (κ3) is 4.24. The minimum Gasteiger partial charge on any atom is -0.370 e. The number of guanidine groups is 1. The predicted molar refractivity (Wildman–Crippen MR) is 93.2 cm³/mol. The molecule has 1 fully saturated rings. The summed E-state index contributed by atoms with van der Waals surface area (Å²) in [5.41, 5.74) is 8.72. The lowest BCUT2D eigenvalue weighted by molar-refractivity contribution is 0.381. The highest BCUT2D eigenvalue weighted by molar-refractivity contribution is 5.78. The van der Waals surface area contributed by atoms with Crippen LogP contribution in [0.2, 0.25) is 0 Å². The smallest absolute Gasteiger partial charge is 0.191 e. The minimum atomic E-state index is -0.193. The number of aliphatic imine (C=N–C) groups is 1. The summed E-state index contributed by atoms with van der Waals surface area (Å²) in [4.78, 5) is 8.93. The molecule has 124 valence electrons. The number of benzene rings is 1. The van der Waals surface area contributed by atoms with E-state index in [0.29, 0.717) is 5.96 Å². The number of rotatable bonds is 4. The molecule has 0 saturated carbocycles. The summed E-state index contributed by atoms with van der Waals surface area (Å²) in [7, 11) is 0. The first kappa shape index (κ1) is 15.8. The van der Waals surface area contributed by atoms with Gasteiger partial charge in [0, 0.05) is 38.4 Å². The van der Waals surface area contributed by atoms with Crippen LogP contribution in [0, 0.1) is 5.82 Å². The second kappa shape index (κ2) is 7.49. The molecule has 5 heteroatoms. The molecular formula is C18H25FN4. The quantitative estimate of drug-likeness (QED) is 0.528. The molecule has 0 unspecified atom stereocenters. The summed E-state index contributed by atoms with van der Waals surface area (Å²) < 4.78 is 13.0. The van der Waals surface area contributed by atoms with E-state index in [0.717, 1.165) is 44.8 Å². The summed E-state index contributed by atoms with van der Waals surface area (Å²) in [5.74, 6) is 0.462. The van der Waals surface area contributed by atoms with Gasteiger partial charge in [-0.2, -0.15) is 0 Å².